The van der Waals surface area contributed by atoms with Crippen LogP contribution in [-0.4, -0.2) is 29.3 Å². The molecule has 0 saturated heterocycles. The zero-order valence-corrected chi connectivity index (χ0v) is 12.4. The average Bonchev–Trinajstić information content (AvgIpc) is 2.37. The van der Waals surface area contributed by atoms with E-state index in [1.807, 2.05) is 20.8 Å². The van der Waals surface area contributed by atoms with E-state index in [-0.39, 0.29) is 17.7 Å². The Bertz CT molecular complexity index is 459. The minimum atomic E-state index is -0.882. The van der Waals surface area contributed by atoms with Gasteiger partial charge in [0.25, 0.3) is 0 Å². The van der Waals surface area contributed by atoms with Crippen LogP contribution in [0.3, 0.4) is 0 Å². The van der Waals surface area contributed by atoms with Crippen molar-refractivity contribution in [1.82, 2.24) is 5.32 Å². The normalized spacial score (nSPS) is 14.1. The monoisotopic (exact) mass is 281 g/mol. The number of phenols is 1. The number of carboxylic acids is 1. The van der Waals surface area contributed by atoms with Crippen LogP contribution in [0.25, 0.3) is 0 Å². The molecule has 1 rings (SSSR count). The van der Waals surface area contributed by atoms with Crippen LogP contribution in [-0.2, 0) is 4.79 Å². The van der Waals surface area contributed by atoms with E-state index in [0.29, 0.717) is 17.7 Å². The van der Waals surface area contributed by atoms with E-state index in [0.717, 1.165) is 0 Å². The van der Waals surface area contributed by atoms with Crippen LogP contribution in [0, 0.1) is 5.92 Å². The molecule has 0 aliphatic carbocycles. The van der Waals surface area contributed by atoms with Gasteiger partial charge in [-0.2, -0.15) is 0 Å². The van der Waals surface area contributed by atoms with Crippen molar-refractivity contribution in [2.45, 2.75) is 39.3 Å². The fourth-order valence-electron chi connectivity index (χ4n) is 2.11. The van der Waals surface area contributed by atoms with Crippen LogP contribution in [0.5, 0.6) is 11.5 Å². The van der Waals surface area contributed by atoms with Crippen molar-refractivity contribution in [3.63, 3.8) is 0 Å². The second kappa shape index (κ2) is 7.14. The molecule has 1 aromatic rings. The fourth-order valence-corrected chi connectivity index (χ4v) is 2.11. The maximum atomic E-state index is 11.3. The van der Waals surface area contributed by atoms with Crippen LogP contribution in [0.15, 0.2) is 18.2 Å². The van der Waals surface area contributed by atoms with Crippen molar-refractivity contribution in [1.29, 1.82) is 0 Å². The molecule has 0 saturated carbocycles. The second-order valence-electron chi connectivity index (χ2n) is 5.33. The van der Waals surface area contributed by atoms with Crippen molar-refractivity contribution >= 4 is 5.97 Å². The average molecular weight is 281 g/mol. The smallest absolute Gasteiger partial charge is 0.320 e. The first-order valence-electron chi connectivity index (χ1n) is 6.70. The Balaban J connectivity index is 2.88. The Kier molecular flexibility index (Phi) is 5.82. The molecule has 5 nitrogen and oxygen atoms in total. The third-order valence-electron chi connectivity index (χ3n) is 3.16. The van der Waals surface area contributed by atoms with Crippen LogP contribution in [0.1, 0.15) is 38.8 Å². The summed E-state index contributed by atoms with van der Waals surface area (Å²) >= 11 is 0. The summed E-state index contributed by atoms with van der Waals surface area (Å²) in [4.78, 5) is 11.3. The molecule has 0 aliphatic rings. The second-order valence-corrected chi connectivity index (χ2v) is 5.33. The topological polar surface area (TPSA) is 78.8 Å². The fraction of sp³-hybridized carbons (Fsp3) is 0.533. The molecule has 0 bridgehead atoms. The van der Waals surface area contributed by atoms with Gasteiger partial charge < -0.3 is 14.9 Å². The van der Waals surface area contributed by atoms with Gasteiger partial charge in [0.1, 0.15) is 17.5 Å². The third-order valence-corrected chi connectivity index (χ3v) is 3.16. The first-order chi connectivity index (χ1) is 9.35. The Hall–Kier alpha value is -1.75. The molecule has 5 heteroatoms. The van der Waals surface area contributed by atoms with Crippen LogP contribution in [0.2, 0.25) is 0 Å². The van der Waals surface area contributed by atoms with Crippen molar-refractivity contribution in [3.05, 3.63) is 23.8 Å². The minimum absolute atomic E-state index is 0.125. The molecule has 112 valence electrons. The number of nitrogens with one attached hydrogen (secondary N) is 1. The van der Waals surface area contributed by atoms with Crippen molar-refractivity contribution < 1.29 is 19.7 Å². The first kappa shape index (κ1) is 16.3. The molecule has 3 N–H and O–H groups in total. The molecular weight excluding hydrogens is 258 g/mol. The molecular formula is C15H23NO4. The Morgan fingerprint density at radius 3 is 2.50 bits per heavy atom. The van der Waals surface area contributed by atoms with Crippen LogP contribution < -0.4 is 10.1 Å². The number of carbonyl (C=O) groups is 1. The number of hydrogen-bond donors (Lipinski definition) is 3. The molecule has 0 fully saturated rings. The van der Waals surface area contributed by atoms with Gasteiger partial charge in [0.05, 0.1) is 7.11 Å². The van der Waals surface area contributed by atoms with Gasteiger partial charge in [-0.3, -0.25) is 10.1 Å². The summed E-state index contributed by atoms with van der Waals surface area (Å²) < 4.78 is 5.12. The van der Waals surface area contributed by atoms with E-state index in [9.17, 15) is 15.0 Å². The van der Waals surface area contributed by atoms with Gasteiger partial charge in [-0.1, -0.05) is 13.8 Å². The molecule has 0 amide bonds. The number of aliphatic carboxylic acids is 1. The highest BCUT2D eigenvalue weighted by Gasteiger charge is 2.22. The number of methoxy groups -OCH3 is 1. The maximum Gasteiger partial charge on any atom is 0.320 e. The van der Waals surface area contributed by atoms with Gasteiger partial charge in [0.15, 0.2) is 0 Å². The van der Waals surface area contributed by atoms with Gasteiger partial charge in [0.2, 0.25) is 0 Å². The van der Waals surface area contributed by atoms with Gasteiger partial charge in [-0.05, 0) is 37.5 Å². The Morgan fingerprint density at radius 1 is 1.35 bits per heavy atom. The number of carboxylic acid groups (broad SMARTS) is 1. The Morgan fingerprint density at radius 2 is 2.00 bits per heavy atom. The lowest BCUT2D eigenvalue weighted by molar-refractivity contribution is -0.140. The SMILES string of the molecule is COc1ccc(O)c(C(C)NC(CC(C)C)C(=O)O)c1. The van der Waals surface area contributed by atoms with Crippen molar-refractivity contribution in [2.24, 2.45) is 5.92 Å². The highest BCUT2D eigenvalue weighted by atomic mass is 16.5. The summed E-state index contributed by atoms with van der Waals surface area (Å²) in [5.41, 5.74) is 0.624. The van der Waals surface area contributed by atoms with Crippen molar-refractivity contribution in [2.75, 3.05) is 7.11 Å². The lowest BCUT2D eigenvalue weighted by Gasteiger charge is -2.22. The summed E-state index contributed by atoms with van der Waals surface area (Å²) in [6.07, 6.45) is 0.532. The largest absolute Gasteiger partial charge is 0.508 e. The van der Waals surface area contributed by atoms with Gasteiger partial charge >= 0.3 is 5.97 Å². The molecule has 0 spiro atoms. The van der Waals surface area contributed by atoms with E-state index in [1.54, 1.807) is 25.3 Å². The van der Waals surface area contributed by atoms with E-state index < -0.39 is 12.0 Å². The number of ether oxygens (including phenoxy) is 1. The highest BCUT2D eigenvalue weighted by molar-refractivity contribution is 5.73. The number of hydrogen-bond acceptors (Lipinski definition) is 4. The standard InChI is InChI=1S/C15H23NO4/c1-9(2)7-13(15(18)19)16-10(3)12-8-11(20-4)5-6-14(12)17/h5-6,8-10,13,16-17H,7H2,1-4H3,(H,18,19). The summed E-state index contributed by atoms with van der Waals surface area (Å²) in [5, 5.41) is 22.2. The predicted octanol–water partition coefficient (Wildman–Crippen LogP) is 2.55. The minimum Gasteiger partial charge on any atom is -0.508 e. The zero-order valence-electron chi connectivity index (χ0n) is 12.4. The quantitative estimate of drug-likeness (QED) is 0.716. The zero-order chi connectivity index (χ0) is 15.3. The van der Waals surface area contributed by atoms with Crippen molar-refractivity contribution in [3.8, 4) is 11.5 Å². The van der Waals surface area contributed by atoms with Crippen LogP contribution in [0.4, 0.5) is 0 Å². The van der Waals surface area contributed by atoms with Gasteiger partial charge in [-0.25, -0.2) is 0 Å². The number of benzene rings is 1. The third kappa shape index (κ3) is 4.42. The summed E-state index contributed by atoms with van der Waals surface area (Å²) in [7, 11) is 1.55. The maximum absolute atomic E-state index is 11.3. The summed E-state index contributed by atoms with van der Waals surface area (Å²) in [5.74, 6) is 0.143. The predicted molar refractivity (Wildman–Crippen MR) is 77.1 cm³/mol. The Labute approximate surface area is 119 Å². The van der Waals surface area contributed by atoms with Crippen LogP contribution >= 0.6 is 0 Å². The summed E-state index contributed by atoms with van der Waals surface area (Å²) in [6.45, 7) is 5.78. The van der Waals surface area contributed by atoms with E-state index >= 15 is 0 Å². The lowest BCUT2D eigenvalue weighted by Crippen LogP contribution is -2.39. The summed E-state index contributed by atoms with van der Waals surface area (Å²) in [6, 6.07) is 3.99. The number of phenolic OH excluding ortho intramolecular Hbond substituents is 1. The number of rotatable bonds is 7. The molecule has 2 atom stereocenters. The molecule has 2 unspecified atom stereocenters. The molecule has 0 aliphatic heterocycles. The van der Waals surface area contributed by atoms with E-state index in [4.69, 9.17) is 4.74 Å². The van der Waals surface area contributed by atoms with Gasteiger partial charge in [0, 0.05) is 11.6 Å². The van der Waals surface area contributed by atoms with E-state index in [1.165, 1.54) is 0 Å². The lowest BCUT2D eigenvalue weighted by atomic mass is 10.0. The molecule has 0 aromatic heterocycles. The molecule has 1 aromatic carbocycles. The van der Waals surface area contributed by atoms with E-state index in [2.05, 4.69) is 5.32 Å². The number of aromatic hydroxyl groups is 1. The van der Waals surface area contributed by atoms with Gasteiger partial charge in [-0.15, -0.1) is 0 Å². The highest BCUT2D eigenvalue weighted by Crippen LogP contribution is 2.28. The first-order valence-corrected chi connectivity index (χ1v) is 6.70. The molecule has 0 heterocycles. The molecule has 0 radical (unpaired) electrons. The molecule has 20 heavy (non-hydrogen) atoms.